The first-order valence-corrected chi connectivity index (χ1v) is 11.8. The second-order valence-electron chi connectivity index (χ2n) is 7.78. The van der Waals surface area contributed by atoms with Crippen LogP contribution in [-0.2, 0) is 12.8 Å². The maximum Gasteiger partial charge on any atom is 0.119 e. The maximum atomic E-state index is 10.4. The average Bonchev–Trinajstić information content (AvgIpc) is 2.72. The fourth-order valence-corrected chi connectivity index (χ4v) is 4.28. The molecule has 156 valence electrons. The second-order valence-corrected chi connectivity index (χ2v) is 8.93. The predicted octanol–water partition coefficient (Wildman–Crippen LogP) is 8.37. The van der Waals surface area contributed by atoms with Gasteiger partial charge in [-0.05, 0) is 80.3 Å². The summed E-state index contributed by atoms with van der Waals surface area (Å²) in [5.74, 6) is 1.13. The SMILES string of the molecule is C/C=C\C(=C/CC)CCc1cccc(Sc2ccc(CCC(C)CC)c(O)c2)c1. The number of rotatable bonds is 11. The molecule has 0 aliphatic rings. The van der Waals surface area contributed by atoms with Gasteiger partial charge in [-0.25, -0.2) is 0 Å². The van der Waals surface area contributed by atoms with E-state index < -0.39 is 0 Å². The van der Waals surface area contributed by atoms with Gasteiger partial charge in [-0.3, -0.25) is 0 Å². The molecule has 0 aliphatic carbocycles. The van der Waals surface area contributed by atoms with E-state index in [4.69, 9.17) is 0 Å². The van der Waals surface area contributed by atoms with E-state index in [1.165, 1.54) is 22.5 Å². The molecule has 1 N–H and O–H groups in total. The van der Waals surface area contributed by atoms with E-state index in [1.807, 2.05) is 6.07 Å². The van der Waals surface area contributed by atoms with Gasteiger partial charge in [-0.2, -0.15) is 0 Å². The van der Waals surface area contributed by atoms with Crippen molar-refractivity contribution in [3.63, 3.8) is 0 Å². The number of benzene rings is 2. The van der Waals surface area contributed by atoms with Crippen LogP contribution in [0.25, 0.3) is 0 Å². The second kappa shape index (κ2) is 12.6. The molecule has 0 fully saturated rings. The lowest BCUT2D eigenvalue weighted by atomic mass is 9.99. The number of phenolic OH excluding ortho intramolecular Hbond substituents is 1. The van der Waals surface area contributed by atoms with Gasteiger partial charge >= 0.3 is 0 Å². The molecular formula is C27H36OS. The molecule has 2 aromatic rings. The van der Waals surface area contributed by atoms with Crippen molar-refractivity contribution >= 4 is 11.8 Å². The molecule has 0 bridgehead atoms. The summed E-state index contributed by atoms with van der Waals surface area (Å²) in [6.45, 7) is 8.76. The van der Waals surface area contributed by atoms with Crippen LogP contribution in [0.1, 0.15) is 64.5 Å². The van der Waals surface area contributed by atoms with E-state index in [-0.39, 0.29) is 0 Å². The van der Waals surface area contributed by atoms with Crippen LogP contribution < -0.4 is 0 Å². The highest BCUT2D eigenvalue weighted by atomic mass is 32.2. The van der Waals surface area contributed by atoms with Crippen molar-refractivity contribution in [2.24, 2.45) is 5.92 Å². The van der Waals surface area contributed by atoms with Crippen LogP contribution in [0, 0.1) is 5.92 Å². The highest BCUT2D eigenvalue weighted by Gasteiger charge is 2.07. The molecule has 0 radical (unpaired) electrons. The molecule has 1 nitrogen and oxygen atoms in total. The molecule has 2 heteroatoms. The molecule has 1 unspecified atom stereocenters. The maximum absolute atomic E-state index is 10.4. The summed E-state index contributed by atoms with van der Waals surface area (Å²) >= 11 is 1.72. The fraction of sp³-hybridized carbons (Fsp3) is 0.407. The highest BCUT2D eigenvalue weighted by molar-refractivity contribution is 7.99. The number of phenols is 1. The minimum atomic E-state index is 0.426. The topological polar surface area (TPSA) is 20.2 Å². The van der Waals surface area contributed by atoms with Crippen LogP contribution in [0.3, 0.4) is 0 Å². The number of aryl methyl sites for hydroxylation is 2. The van der Waals surface area contributed by atoms with E-state index in [0.717, 1.165) is 42.6 Å². The van der Waals surface area contributed by atoms with Gasteiger partial charge in [0.2, 0.25) is 0 Å². The van der Waals surface area contributed by atoms with Crippen LogP contribution in [0.5, 0.6) is 5.75 Å². The molecular weight excluding hydrogens is 372 g/mol. The zero-order chi connectivity index (χ0) is 21.1. The lowest BCUT2D eigenvalue weighted by Gasteiger charge is -2.11. The fourth-order valence-electron chi connectivity index (χ4n) is 3.34. The first kappa shape index (κ1) is 23.3. The third-order valence-corrected chi connectivity index (χ3v) is 6.32. The first-order valence-electron chi connectivity index (χ1n) is 11.0. The summed E-state index contributed by atoms with van der Waals surface area (Å²) in [4.78, 5) is 2.31. The minimum absolute atomic E-state index is 0.426. The van der Waals surface area contributed by atoms with E-state index in [2.05, 4.69) is 82.3 Å². The number of aromatic hydroxyl groups is 1. The molecule has 0 amide bonds. The molecule has 0 saturated carbocycles. The molecule has 1 atom stereocenters. The lowest BCUT2D eigenvalue weighted by molar-refractivity contribution is 0.457. The summed E-state index contributed by atoms with van der Waals surface area (Å²) in [5.41, 5.74) is 3.82. The van der Waals surface area contributed by atoms with Gasteiger partial charge in [0.05, 0.1) is 0 Å². The Balaban J connectivity index is 2.00. The van der Waals surface area contributed by atoms with Crippen LogP contribution in [-0.4, -0.2) is 5.11 Å². The molecule has 2 aromatic carbocycles. The summed E-state index contributed by atoms with van der Waals surface area (Å²) in [5, 5.41) is 10.4. The summed E-state index contributed by atoms with van der Waals surface area (Å²) in [6, 6.07) is 14.9. The molecule has 29 heavy (non-hydrogen) atoms. The minimum Gasteiger partial charge on any atom is -0.508 e. The normalized spacial score (nSPS) is 13.2. The molecule has 0 aromatic heterocycles. The number of hydrogen-bond donors (Lipinski definition) is 1. The van der Waals surface area contributed by atoms with Crippen molar-refractivity contribution in [3.05, 3.63) is 77.4 Å². The number of hydrogen-bond acceptors (Lipinski definition) is 2. The van der Waals surface area contributed by atoms with E-state index in [9.17, 15) is 5.11 Å². The molecule has 0 aliphatic heterocycles. The van der Waals surface area contributed by atoms with Crippen LogP contribution in [0.2, 0.25) is 0 Å². The van der Waals surface area contributed by atoms with Gasteiger partial charge in [-0.15, -0.1) is 0 Å². The average molecular weight is 409 g/mol. The Bertz CT molecular complexity index is 819. The van der Waals surface area contributed by atoms with Gasteiger partial charge in [0.25, 0.3) is 0 Å². The molecule has 0 saturated heterocycles. The third kappa shape index (κ3) is 8.14. The molecule has 2 rings (SSSR count). The van der Waals surface area contributed by atoms with E-state index >= 15 is 0 Å². The van der Waals surface area contributed by atoms with Crippen molar-refractivity contribution in [3.8, 4) is 5.75 Å². The predicted molar refractivity (Wildman–Crippen MR) is 128 cm³/mol. The summed E-state index contributed by atoms with van der Waals surface area (Å²) in [6.07, 6.45) is 13.1. The van der Waals surface area contributed by atoms with Gasteiger partial charge in [-0.1, -0.05) is 81.0 Å². The largest absolute Gasteiger partial charge is 0.508 e. The zero-order valence-electron chi connectivity index (χ0n) is 18.4. The van der Waals surface area contributed by atoms with Crippen molar-refractivity contribution in [1.29, 1.82) is 0 Å². The van der Waals surface area contributed by atoms with Gasteiger partial charge in [0.15, 0.2) is 0 Å². The van der Waals surface area contributed by atoms with Crippen LogP contribution in [0.15, 0.2) is 76.1 Å². The van der Waals surface area contributed by atoms with E-state index in [1.54, 1.807) is 11.8 Å². The van der Waals surface area contributed by atoms with Crippen molar-refractivity contribution in [2.45, 2.75) is 76.0 Å². The van der Waals surface area contributed by atoms with Gasteiger partial charge < -0.3 is 5.11 Å². The Labute approximate surface area is 182 Å². The molecule has 0 spiro atoms. The Morgan fingerprint density at radius 3 is 2.55 bits per heavy atom. The lowest BCUT2D eigenvalue weighted by Crippen LogP contribution is -1.95. The Morgan fingerprint density at radius 1 is 1.07 bits per heavy atom. The van der Waals surface area contributed by atoms with E-state index in [0.29, 0.717) is 11.7 Å². The van der Waals surface area contributed by atoms with Crippen molar-refractivity contribution in [2.75, 3.05) is 0 Å². The van der Waals surface area contributed by atoms with Gasteiger partial charge in [0.1, 0.15) is 5.75 Å². The van der Waals surface area contributed by atoms with Crippen molar-refractivity contribution < 1.29 is 5.11 Å². The Hall–Kier alpha value is -1.93. The summed E-state index contributed by atoms with van der Waals surface area (Å²) in [7, 11) is 0. The Kier molecular flexibility index (Phi) is 10.1. The monoisotopic (exact) mass is 408 g/mol. The highest BCUT2D eigenvalue weighted by Crippen LogP contribution is 2.33. The van der Waals surface area contributed by atoms with Gasteiger partial charge in [0, 0.05) is 9.79 Å². The number of allylic oxidation sites excluding steroid dienone is 4. The Morgan fingerprint density at radius 2 is 1.86 bits per heavy atom. The first-order chi connectivity index (χ1) is 14.0. The summed E-state index contributed by atoms with van der Waals surface area (Å²) < 4.78 is 0. The quantitative estimate of drug-likeness (QED) is 0.377. The zero-order valence-corrected chi connectivity index (χ0v) is 19.3. The smallest absolute Gasteiger partial charge is 0.119 e. The standard InChI is InChI=1S/C27H36OS/c1-5-9-22(10-6-2)14-15-23-11-8-12-25(19-23)29-26-18-17-24(27(28)20-26)16-13-21(4)7-3/h5,8-12,17-21,28H,6-7,13-16H2,1-4H3/b9-5-,22-10+. The van der Waals surface area contributed by atoms with Crippen LogP contribution in [0.4, 0.5) is 0 Å². The third-order valence-electron chi connectivity index (χ3n) is 5.34. The molecule has 0 heterocycles. The van der Waals surface area contributed by atoms with Crippen LogP contribution >= 0.6 is 11.8 Å². The van der Waals surface area contributed by atoms with Crippen molar-refractivity contribution in [1.82, 2.24) is 0 Å².